The van der Waals surface area contributed by atoms with Gasteiger partial charge >= 0.3 is 6.18 Å². The van der Waals surface area contributed by atoms with Crippen molar-refractivity contribution in [2.45, 2.75) is 25.6 Å². The lowest BCUT2D eigenvalue weighted by Crippen LogP contribution is -2.42. The molecule has 1 aromatic carbocycles. The Morgan fingerprint density at radius 2 is 1.87 bits per heavy atom. The smallest absolute Gasteiger partial charge is 0.379 e. The minimum atomic E-state index is -4.19. The maximum Gasteiger partial charge on any atom is 0.401 e. The van der Waals surface area contributed by atoms with Crippen molar-refractivity contribution in [2.24, 2.45) is 4.99 Å². The molecule has 10 heteroatoms. The summed E-state index contributed by atoms with van der Waals surface area (Å²) >= 11 is 0. The molecule has 2 rings (SSSR count). The molecular formula is C21H33F4N5O. The molecule has 1 atom stereocenters. The average molecular weight is 448 g/mol. The molecule has 1 fully saturated rings. The van der Waals surface area contributed by atoms with Crippen molar-refractivity contribution in [1.82, 2.24) is 20.4 Å². The first-order valence-corrected chi connectivity index (χ1v) is 10.6. The van der Waals surface area contributed by atoms with Crippen LogP contribution in [0.5, 0.6) is 0 Å². The van der Waals surface area contributed by atoms with Crippen molar-refractivity contribution >= 4 is 5.96 Å². The Bertz CT molecular complexity index is 663. The van der Waals surface area contributed by atoms with Gasteiger partial charge in [-0.05, 0) is 44.6 Å². The van der Waals surface area contributed by atoms with Gasteiger partial charge in [0.2, 0.25) is 0 Å². The molecule has 0 radical (unpaired) electrons. The third-order valence-electron chi connectivity index (χ3n) is 4.97. The van der Waals surface area contributed by atoms with Gasteiger partial charge in [-0.25, -0.2) is 4.39 Å². The second-order valence-corrected chi connectivity index (χ2v) is 7.57. The highest BCUT2D eigenvalue weighted by Gasteiger charge is 2.28. The number of halogens is 4. The van der Waals surface area contributed by atoms with Gasteiger partial charge in [0.15, 0.2) is 5.96 Å². The number of hydrogen-bond donors (Lipinski definition) is 2. The molecule has 0 bridgehead atoms. The maximum absolute atomic E-state index is 13.4. The highest BCUT2D eigenvalue weighted by molar-refractivity contribution is 5.79. The van der Waals surface area contributed by atoms with E-state index in [0.29, 0.717) is 51.8 Å². The monoisotopic (exact) mass is 447 g/mol. The first-order chi connectivity index (χ1) is 14.8. The summed E-state index contributed by atoms with van der Waals surface area (Å²) in [5, 5.41) is 6.36. The van der Waals surface area contributed by atoms with E-state index in [-0.39, 0.29) is 11.9 Å². The van der Waals surface area contributed by atoms with E-state index in [2.05, 4.69) is 20.5 Å². The summed E-state index contributed by atoms with van der Waals surface area (Å²) in [6.45, 7) is 5.84. The van der Waals surface area contributed by atoms with Crippen LogP contribution in [0.1, 0.15) is 24.9 Å². The third-order valence-corrected chi connectivity index (χ3v) is 4.97. The number of morpholine rings is 1. The second kappa shape index (κ2) is 12.8. The van der Waals surface area contributed by atoms with E-state index in [1.165, 1.54) is 24.1 Å². The van der Waals surface area contributed by atoms with Gasteiger partial charge in [0.1, 0.15) is 5.82 Å². The predicted molar refractivity (Wildman–Crippen MR) is 114 cm³/mol. The summed E-state index contributed by atoms with van der Waals surface area (Å²) in [5.41, 5.74) is 0.983. The number of nitrogens with zero attached hydrogens (tertiary/aromatic N) is 3. The van der Waals surface area contributed by atoms with E-state index in [9.17, 15) is 17.6 Å². The van der Waals surface area contributed by atoms with Gasteiger partial charge in [0.25, 0.3) is 0 Å². The van der Waals surface area contributed by atoms with Crippen LogP contribution < -0.4 is 10.6 Å². The molecule has 1 unspecified atom stereocenters. The second-order valence-electron chi connectivity index (χ2n) is 7.57. The van der Waals surface area contributed by atoms with Crippen LogP contribution in [0.25, 0.3) is 0 Å². The summed E-state index contributed by atoms with van der Waals surface area (Å²) in [5.74, 6) is 0.333. The van der Waals surface area contributed by atoms with Crippen molar-refractivity contribution in [3.8, 4) is 0 Å². The molecule has 0 amide bonds. The van der Waals surface area contributed by atoms with Crippen LogP contribution in [0.3, 0.4) is 0 Å². The zero-order chi connectivity index (χ0) is 22.7. The summed E-state index contributed by atoms with van der Waals surface area (Å²) in [4.78, 5) is 8.22. The van der Waals surface area contributed by atoms with Crippen LogP contribution in [0.2, 0.25) is 0 Å². The quantitative estimate of drug-likeness (QED) is 0.250. The van der Waals surface area contributed by atoms with Crippen LogP contribution in [-0.4, -0.2) is 88.0 Å². The molecule has 1 aliphatic heterocycles. The topological polar surface area (TPSA) is 52.1 Å². The Morgan fingerprint density at radius 3 is 2.48 bits per heavy atom. The fourth-order valence-electron chi connectivity index (χ4n) is 3.47. The molecule has 2 N–H and O–H groups in total. The molecule has 31 heavy (non-hydrogen) atoms. The van der Waals surface area contributed by atoms with E-state index in [1.54, 1.807) is 12.1 Å². The lowest BCUT2D eigenvalue weighted by Gasteiger charge is -2.34. The predicted octanol–water partition coefficient (Wildman–Crippen LogP) is 2.64. The summed E-state index contributed by atoms with van der Waals surface area (Å²) in [6, 6.07) is 6.45. The molecule has 0 aromatic heterocycles. The molecule has 6 nitrogen and oxygen atoms in total. The number of hydrogen-bond acceptors (Lipinski definition) is 4. The summed E-state index contributed by atoms with van der Waals surface area (Å²) in [6.07, 6.45) is -3.63. The van der Waals surface area contributed by atoms with Gasteiger partial charge in [-0.15, -0.1) is 0 Å². The number of alkyl halides is 3. The van der Waals surface area contributed by atoms with Gasteiger partial charge in [-0.3, -0.25) is 14.8 Å². The minimum Gasteiger partial charge on any atom is -0.379 e. The van der Waals surface area contributed by atoms with Gasteiger partial charge in [-0.1, -0.05) is 12.1 Å². The third kappa shape index (κ3) is 9.84. The Labute approximate surface area is 181 Å². The standard InChI is InChI=1S/C21H33F4N5O/c1-3-26-20(27-9-4-10-29(2)16-21(23,24)25)28-15-19(30-11-13-31-14-12-30)17-5-7-18(22)8-6-17/h5-8,19H,3-4,9-16H2,1-2H3,(H2,26,27,28). The van der Waals surface area contributed by atoms with E-state index in [0.717, 1.165) is 18.7 Å². The average Bonchev–Trinajstić information content (AvgIpc) is 2.72. The number of rotatable bonds is 10. The SMILES string of the molecule is CCNC(=NCC(c1ccc(F)cc1)N1CCOCC1)NCCCN(C)CC(F)(F)F. The number of guanidine groups is 1. The van der Waals surface area contributed by atoms with Crippen molar-refractivity contribution in [1.29, 1.82) is 0 Å². The molecule has 176 valence electrons. The fraction of sp³-hybridized carbons (Fsp3) is 0.667. The molecule has 0 spiro atoms. The molecule has 1 aromatic rings. The number of ether oxygens (including phenoxy) is 1. The van der Waals surface area contributed by atoms with E-state index in [4.69, 9.17) is 4.74 Å². The van der Waals surface area contributed by atoms with Crippen LogP contribution in [0, 0.1) is 5.82 Å². The summed E-state index contributed by atoms with van der Waals surface area (Å²) < 4.78 is 56.1. The number of aliphatic imine (C=N–C) groups is 1. The molecule has 0 saturated carbocycles. The van der Waals surface area contributed by atoms with Crippen LogP contribution in [-0.2, 0) is 4.74 Å². The molecule has 1 aliphatic rings. The van der Waals surface area contributed by atoms with Crippen LogP contribution in [0.15, 0.2) is 29.3 Å². The Balaban J connectivity index is 1.95. The van der Waals surface area contributed by atoms with Gasteiger partial charge in [0.05, 0.1) is 32.3 Å². The van der Waals surface area contributed by atoms with E-state index < -0.39 is 12.7 Å². The van der Waals surface area contributed by atoms with Gasteiger partial charge in [-0.2, -0.15) is 13.2 Å². The zero-order valence-electron chi connectivity index (χ0n) is 18.2. The van der Waals surface area contributed by atoms with Gasteiger partial charge in [0, 0.05) is 26.2 Å². The Kier molecular flexibility index (Phi) is 10.5. The van der Waals surface area contributed by atoms with Crippen LogP contribution >= 0.6 is 0 Å². The molecule has 1 heterocycles. The first kappa shape index (κ1) is 25.4. The van der Waals surface area contributed by atoms with E-state index in [1.807, 2.05) is 6.92 Å². The molecule has 1 saturated heterocycles. The van der Waals surface area contributed by atoms with Crippen molar-refractivity contribution in [3.63, 3.8) is 0 Å². The van der Waals surface area contributed by atoms with Gasteiger partial charge < -0.3 is 15.4 Å². The molecular weight excluding hydrogens is 414 g/mol. The number of nitrogens with one attached hydrogen (secondary N) is 2. The Hall–Kier alpha value is -1.91. The Morgan fingerprint density at radius 1 is 1.19 bits per heavy atom. The largest absolute Gasteiger partial charge is 0.401 e. The van der Waals surface area contributed by atoms with Crippen molar-refractivity contribution in [3.05, 3.63) is 35.6 Å². The maximum atomic E-state index is 13.4. The van der Waals surface area contributed by atoms with Crippen LogP contribution in [0.4, 0.5) is 17.6 Å². The van der Waals surface area contributed by atoms with Crippen molar-refractivity contribution in [2.75, 3.05) is 66.1 Å². The minimum absolute atomic E-state index is 0.0159. The zero-order valence-corrected chi connectivity index (χ0v) is 18.2. The van der Waals surface area contributed by atoms with E-state index >= 15 is 0 Å². The number of benzene rings is 1. The lowest BCUT2D eigenvalue weighted by molar-refractivity contribution is -0.143. The molecule has 0 aliphatic carbocycles. The summed E-state index contributed by atoms with van der Waals surface area (Å²) in [7, 11) is 1.46. The van der Waals surface area contributed by atoms with Crippen molar-refractivity contribution < 1.29 is 22.3 Å². The lowest BCUT2D eigenvalue weighted by atomic mass is 10.0. The highest BCUT2D eigenvalue weighted by Crippen LogP contribution is 2.22. The normalized spacial score (nSPS) is 17.1. The fourth-order valence-corrected chi connectivity index (χ4v) is 3.47. The highest BCUT2D eigenvalue weighted by atomic mass is 19.4. The first-order valence-electron chi connectivity index (χ1n) is 10.6.